The Labute approximate surface area is 135 Å². The van der Waals surface area contributed by atoms with E-state index < -0.39 is 27.6 Å². The fraction of sp³-hybridized carbons (Fsp3) is 0.467. The van der Waals surface area contributed by atoms with Crippen LogP contribution in [0.4, 0.5) is 0 Å². The lowest BCUT2D eigenvalue weighted by atomic mass is 9.86. The van der Waals surface area contributed by atoms with Crippen molar-refractivity contribution in [1.82, 2.24) is 5.32 Å². The van der Waals surface area contributed by atoms with E-state index in [2.05, 4.69) is 10.3 Å². The molecule has 8 heteroatoms. The predicted octanol–water partition coefficient (Wildman–Crippen LogP) is 1.15. The van der Waals surface area contributed by atoms with Gasteiger partial charge in [0.05, 0.1) is 10.9 Å². The topological polar surface area (TPSA) is 112 Å². The molecule has 0 saturated heterocycles. The Balaban J connectivity index is 2.57. The quantitative estimate of drug-likeness (QED) is 0.476. The van der Waals surface area contributed by atoms with Crippen LogP contribution in [-0.2, 0) is 9.84 Å². The lowest BCUT2D eigenvalue weighted by molar-refractivity contribution is -0.0611. The number of nitrogens with one attached hydrogen (secondary N) is 1. The van der Waals surface area contributed by atoms with E-state index in [9.17, 15) is 13.5 Å². The molecule has 0 fully saturated rings. The van der Waals surface area contributed by atoms with Gasteiger partial charge in [0.2, 0.25) is 6.19 Å². The van der Waals surface area contributed by atoms with Crippen LogP contribution in [0, 0.1) is 11.5 Å². The summed E-state index contributed by atoms with van der Waals surface area (Å²) in [5, 5.41) is 22.2. The van der Waals surface area contributed by atoms with E-state index in [1.54, 1.807) is 33.0 Å². The fourth-order valence-electron chi connectivity index (χ4n) is 2.50. The van der Waals surface area contributed by atoms with Gasteiger partial charge in [-0.15, -0.1) is 0 Å². The van der Waals surface area contributed by atoms with Crippen molar-refractivity contribution in [2.24, 2.45) is 4.99 Å². The van der Waals surface area contributed by atoms with Crippen LogP contribution in [0.5, 0.6) is 5.75 Å². The Morgan fingerprint density at radius 2 is 2.13 bits per heavy atom. The van der Waals surface area contributed by atoms with E-state index in [4.69, 9.17) is 10.00 Å². The Hall–Kier alpha value is -2.11. The number of aliphatic imine (C=N–C) groups is 1. The van der Waals surface area contributed by atoms with Crippen LogP contribution in [0.25, 0.3) is 0 Å². The van der Waals surface area contributed by atoms with Crippen molar-refractivity contribution in [3.63, 3.8) is 0 Å². The number of hydrogen-bond donors (Lipinski definition) is 2. The molecule has 1 heterocycles. The van der Waals surface area contributed by atoms with Crippen LogP contribution in [0.15, 0.2) is 28.1 Å². The second-order valence-corrected chi connectivity index (χ2v) is 8.06. The number of rotatable bonds is 2. The minimum absolute atomic E-state index is 0.133. The number of benzene rings is 1. The van der Waals surface area contributed by atoms with Crippen molar-refractivity contribution in [2.45, 2.75) is 43.4 Å². The molecule has 0 radical (unpaired) electrons. The SMILES string of the molecule is C/C(=N\C#N)N[C@H]1c2cc(S(C)(=O)=O)ccc2OC(C)(C)[C@@H]1O. The standard InChI is InChI=1S/C15H19N3O4S/c1-9(17-8-16)18-13-11-7-10(23(4,20)21)5-6-12(11)22-15(2,3)14(13)19/h5-7,13-14,19H,1-4H3,(H,17,18)/t13-,14+/m0/s1. The zero-order chi connectivity index (χ0) is 17.4. The maximum absolute atomic E-state index is 11.8. The molecule has 0 bridgehead atoms. The largest absolute Gasteiger partial charge is 0.485 e. The normalized spacial score (nSPS) is 23.4. The maximum atomic E-state index is 11.8. The van der Waals surface area contributed by atoms with E-state index in [-0.39, 0.29) is 4.90 Å². The molecule has 0 spiro atoms. The molecular weight excluding hydrogens is 318 g/mol. The monoisotopic (exact) mass is 337 g/mol. The summed E-state index contributed by atoms with van der Waals surface area (Å²) in [6, 6.07) is 3.87. The Kier molecular flexibility index (Phi) is 4.37. The predicted molar refractivity (Wildman–Crippen MR) is 84.9 cm³/mol. The molecule has 1 aliphatic heterocycles. The first kappa shape index (κ1) is 17.2. The molecule has 1 aliphatic rings. The van der Waals surface area contributed by atoms with Gasteiger partial charge in [-0.2, -0.15) is 10.3 Å². The zero-order valence-corrected chi connectivity index (χ0v) is 14.2. The summed E-state index contributed by atoms with van der Waals surface area (Å²) < 4.78 is 29.3. The molecule has 7 nitrogen and oxygen atoms in total. The average molecular weight is 337 g/mol. The number of fused-ring (bicyclic) bond motifs is 1. The molecule has 23 heavy (non-hydrogen) atoms. The van der Waals surface area contributed by atoms with Gasteiger partial charge < -0.3 is 15.2 Å². The van der Waals surface area contributed by atoms with Crippen molar-refractivity contribution in [1.29, 1.82) is 5.26 Å². The summed E-state index contributed by atoms with van der Waals surface area (Å²) in [6.07, 6.45) is 1.82. The van der Waals surface area contributed by atoms with Crippen LogP contribution in [-0.4, -0.2) is 37.3 Å². The van der Waals surface area contributed by atoms with E-state index >= 15 is 0 Å². The van der Waals surface area contributed by atoms with Crippen molar-refractivity contribution in [2.75, 3.05) is 6.26 Å². The number of aliphatic hydroxyl groups excluding tert-OH is 1. The van der Waals surface area contributed by atoms with Gasteiger partial charge in [-0.25, -0.2) is 8.42 Å². The molecule has 0 aliphatic carbocycles. The van der Waals surface area contributed by atoms with Crippen molar-refractivity contribution < 1.29 is 18.3 Å². The number of hydrogen-bond acceptors (Lipinski definition) is 6. The zero-order valence-electron chi connectivity index (χ0n) is 13.4. The van der Waals surface area contributed by atoms with Gasteiger partial charge in [0.25, 0.3) is 0 Å². The minimum Gasteiger partial charge on any atom is -0.485 e. The summed E-state index contributed by atoms with van der Waals surface area (Å²) in [5.74, 6) is 0.805. The fourth-order valence-corrected chi connectivity index (χ4v) is 3.15. The number of aliphatic hydroxyl groups is 1. The van der Waals surface area contributed by atoms with E-state index in [1.165, 1.54) is 12.1 Å². The van der Waals surface area contributed by atoms with E-state index in [0.717, 1.165) is 6.26 Å². The molecule has 2 N–H and O–H groups in total. The van der Waals surface area contributed by atoms with Crippen molar-refractivity contribution in [3.05, 3.63) is 23.8 Å². The molecule has 2 atom stereocenters. The first-order valence-corrected chi connectivity index (χ1v) is 8.86. The van der Waals surface area contributed by atoms with Gasteiger partial charge in [0.15, 0.2) is 9.84 Å². The third kappa shape index (κ3) is 3.46. The molecule has 1 aromatic rings. The lowest BCUT2D eigenvalue weighted by Gasteiger charge is -2.42. The van der Waals surface area contributed by atoms with Crippen LogP contribution < -0.4 is 10.1 Å². The molecule has 1 aromatic carbocycles. The van der Waals surface area contributed by atoms with Gasteiger partial charge in [0, 0.05) is 11.8 Å². The number of nitrogens with zero attached hydrogens (tertiary/aromatic N) is 2. The molecule has 124 valence electrons. The second kappa shape index (κ2) is 5.83. The van der Waals surface area contributed by atoms with Crippen molar-refractivity contribution >= 4 is 15.7 Å². The minimum atomic E-state index is -3.39. The molecule has 0 unspecified atom stereocenters. The molecule has 2 rings (SSSR count). The first-order chi connectivity index (χ1) is 10.6. The Morgan fingerprint density at radius 1 is 1.48 bits per heavy atom. The van der Waals surface area contributed by atoms with Gasteiger partial charge >= 0.3 is 0 Å². The highest BCUT2D eigenvalue weighted by molar-refractivity contribution is 7.90. The third-order valence-corrected chi connectivity index (χ3v) is 4.84. The van der Waals surface area contributed by atoms with Gasteiger partial charge in [0.1, 0.15) is 23.3 Å². The highest BCUT2D eigenvalue weighted by atomic mass is 32.2. The lowest BCUT2D eigenvalue weighted by Crippen LogP contribution is -2.53. The van der Waals surface area contributed by atoms with Crippen LogP contribution >= 0.6 is 0 Å². The van der Waals surface area contributed by atoms with E-state index in [1.807, 2.05) is 0 Å². The van der Waals surface area contributed by atoms with Crippen molar-refractivity contribution in [3.8, 4) is 11.9 Å². The third-order valence-electron chi connectivity index (χ3n) is 3.73. The highest BCUT2D eigenvalue weighted by Crippen LogP contribution is 2.40. The van der Waals surface area contributed by atoms with Crippen LogP contribution in [0.3, 0.4) is 0 Å². The van der Waals surface area contributed by atoms with Crippen LogP contribution in [0.2, 0.25) is 0 Å². The molecular formula is C15H19N3O4S. The van der Waals surface area contributed by atoms with Crippen LogP contribution in [0.1, 0.15) is 32.4 Å². The molecule has 0 amide bonds. The number of nitriles is 1. The molecule has 0 saturated carbocycles. The summed E-state index contributed by atoms with van der Waals surface area (Å²) in [6.45, 7) is 5.06. The average Bonchev–Trinajstić information content (AvgIpc) is 2.42. The summed E-state index contributed by atoms with van der Waals surface area (Å²) in [4.78, 5) is 3.72. The summed E-state index contributed by atoms with van der Waals surface area (Å²) in [5.41, 5.74) is -0.378. The first-order valence-electron chi connectivity index (χ1n) is 6.97. The summed E-state index contributed by atoms with van der Waals surface area (Å²) in [7, 11) is -3.39. The number of amidine groups is 1. The van der Waals surface area contributed by atoms with E-state index in [0.29, 0.717) is 17.1 Å². The Bertz CT molecular complexity index is 793. The number of sulfone groups is 1. The Morgan fingerprint density at radius 3 is 2.70 bits per heavy atom. The smallest absolute Gasteiger partial charge is 0.207 e. The highest BCUT2D eigenvalue weighted by Gasteiger charge is 2.43. The van der Waals surface area contributed by atoms with Gasteiger partial charge in [-0.05, 0) is 39.0 Å². The van der Waals surface area contributed by atoms with Gasteiger partial charge in [-0.1, -0.05) is 0 Å². The number of ether oxygens (including phenoxy) is 1. The second-order valence-electron chi connectivity index (χ2n) is 6.04. The summed E-state index contributed by atoms with van der Waals surface area (Å²) >= 11 is 0. The molecule has 0 aromatic heterocycles. The maximum Gasteiger partial charge on any atom is 0.207 e. The van der Waals surface area contributed by atoms with Gasteiger partial charge in [-0.3, -0.25) is 0 Å².